The second-order valence-electron chi connectivity index (χ2n) is 8.78. The number of benzene rings is 1. The Morgan fingerprint density at radius 1 is 1.07 bits per heavy atom. The first-order valence-corrected chi connectivity index (χ1v) is 10.4. The number of tetrazole rings is 1. The normalized spacial score (nSPS) is 16.2. The van der Waals surface area contributed by atoms with Gasteiger partial charge in [-0.15, -0.1) is 0 Å². The van der Waals surface area contributed by atoms with Crippen LogP contribution in [-0.4, -0.2) is 73.8 Å². The standard InChI is InChI=1S/C20H31N7OS/c1-15-6-7-17(12-16(15)2)27-19(29)26(22-23-27)14-25-10-8-24(9-11-25)13-18(28)21-20(3,4)5/h6-7,12H,8-11,13-14H2,1-5H3,(H,21,28). The van der Waals surface area contributed by atoms with Gasteiger partial charge in [0.25, 0.3) is 0 Å². The van der Waals surface area contributed by atoms with E-state index in [1.54, 1.807) is 9.36 Å². The van der Waals surface area contributed by atoms with Crippen LogP contribution in [0.1, 0.15) is 31.9 Å². The minimum atomic E-state index is -0.197. The molecule has 1 saturated heterocycles. The number of piperazine rings is 1. The van der Waals surface area contributed by atoms with Crippen LogP contribution in [-0.2, 0) is 11.5 Å². The zero-order valence-electron chi connectivity index (χ0n) is 18.0. The van der Waals surface area contributed by atoms with Crippen LogP contribution in [0.3, 0.4) is 0 Å². The zero-order chi connectivity index (χ0) is 21.2. The maximum atomic E-state index is 12.1. The number of aromatic nitrogens is 4. The molecule has 0 bridgehead atoms. The summed E-state index contributed by atoms with van der Waals surface area (Å²) in [6.45, 7) is 14.6. The van der Waals surface area contributed by atoms with E-state index in [1.807, 2.05) is 26.8 Å². The van der Waals surface area contributed by atoms with Crippen LogP contribution in [0.5, 0.6) is 0 Å². The fourth-order valence-electron chi connectivity index (χ4n) is 3.32. The predicted octanol–water partition coefficient (Wildman–Crippen LogP) is 1.90. The molecule has 0 spiro atoms. The van der Waals surface area contributed by atoms with E-state index in [-0.39, 0.29) is 11.4 Å². The molecule has 29 heavy (non-hydrogen) atoms. The maximum Gasteiger partial charge on any atom is 0.234 e. The highest BCUT2D eigenvalue weighted by atomic mass is 32.1. The van der Waals surface area contributed by atoms with E-state index < -0.39 is 0 Å². The van der Waals surface area contributed by atoms with Crippen LogP contribution < -0.4 is 5.32 Å². The topological polar surface area (TPSA) is 71.2 Å². The molecule has 0 radical (unpaired) electrons. The number of nitrogens with zero attached hydrogens (tertiary/aromatic N) is 6. The van der Waals surface area contributed by atoms with Gasteiger partial charge in [-0.2, -0.15) is 4.68 Å². The van der Waals surface area contributed by atoms with Crippen molar-refractivity contribution in [3.05, 3.63) is 34.1 Å². The van der Waals surface area contributed by atoms with Crippen LogP contribution in [0.25, 0.3) is 5.69 Å². The summed E-state index contributed by atoms with van der Waals surface area (Å²) >= 11 is 5.59. The van der Waals surface area contributed by atoms with E-state index in [1.165, 1.54) is 11.1 Å². The van der Waals surface area contributed by atoms with E-state index in [0.717, 1.165) is 31.9 Å². The molecule has 1 fully saturated rings. The zero-order valence-corrected chi connectivity index (χ0v) is 18.8. The van der Waals surface area contributed by atoms with Crippen LogP contribution >= 0.6 is 12.2 Å². The first-order chi connectivity index (χ1) is 13.6. The van der Waals surface area contributed by atoms with Gasteiger partial charge in [-0.05, 0) is 80.5 Å². The predicted molar refractivity (Wildman–Crippen MR) is 116 cm³/mol. The molecule has 2 aromatic rings. The van der Waals surface area contributed by atoms with Crippen LogP contribution in [0.2, 0.25) is 0 Å². The highest BCUT2D eigenvalue weighted by molar-refractivity contribution is 7.71. The van der Waals surface area contributed by atoms with Crippen molar-refractivity contribution >= 4 is 18.1 Å². The SMILES string of the molecule is Cc1ccc(-n2nnn(CN3CCN(CC(=O)NC(C)(C)C)CC3)c2=S)cc1C. The number of carbonyl (C=O) groups is 1. The summed E-state index contributed by atoms with van der Waals surface area (Å²) in [6.07, 6.45) is 0. The first-order valence-electron chi connectivity index (χ1n) is 9.98. The lowest BCUT2D eigenvalue weighted by atomic mass is 10.1. The lowest BCUT2D eigenvalue weighted by molar-refractivity contribution is -0.124. The fraction of sp³-hybridized carbons (Fsp3) is 0.600. The number of amides is 1. The van der Waals surface area contributed by atoms with E-state index in [2.05, 4.69) is 51.5 Å². The Bertz CT molecular complexity index is 920. The third-order valence-electron chi connectivity index (χ3n) is 5.05. The molecule has 0 aliphatic carbocycles. The second kappa shape index (κ2) is 8.73. The summed E-state index contributed by atoms with van der Waals surface area (Å²) in [4.78, 5) is 16.6. The Morgan fingerprint density at radius 2 is 1.72 bits per heavy atom. The second-order valence-corrected chi connectivity index (χ2v) is 9.14. The molecule has 0 unspecified atom stereocenters. The van der Waals surface area contributed by atoms with Crippen molar-refractivity contribution in [2.24, 2.45) is 0 Å². The summed E-state index contributed by atoms with van der Waals surface area (Å²) in [5.41, 5.74) is 3.17. The van der Waals surface area contributed by atoms with Gasteiger partial charge in [0, 0.05) is 31.7 Å². The first kappa shape index (κ1) is 21.6. The molecule has 1 aromatic carbocycles. The molecule has 1 aliphatic rings. The van der Waals surface area contributed by atoms with Gasteiger partial charge in [0.2, 0.25) is 10.7 Å². The van der Waals surface area contributed by atoms with Crippen LogP contribution in [0, 0.1) is 18.6 Å². The molecule has 1 aromatic heterocycles. The van der Waals surface area contributed by atoms with Crippen LogP contribution in [0.15, 0.2) is 18.2 Å². The Balaban J connectivity index is 1.56. The summed E-state index contributed by atoms with van der Waals surface area (Å²) < 4.78 is 4.04. The molecule has 2 heterocycles. The molecular formula is C20H31N7OS. The van der Waals surface area contributed by atoms with Gasteiger partial charge in [-0.3, -0.25) is 14.6 Å². The van der Waals surface area contributed by atoms with Gasteiger partial charge in [-0.25, -0.2) is 4.68 Å². The molecule has 1 aliphatic heterocycles. The highest BCUT2D eigenvalue weighted by Crippen LogP contribution is 2.14. The monoisotopic (exact) mass is 417 g/mol. The number of nitrogens with one attached hydrogen (secondary N) is 1. The van der Waals surface area contributed by atoms with Gasteiger partial charge in [-0.1, -0.05) is 6.07 Å². The average Bonchev–Trinajstić information content (AvgIpc) is 2.98. The fourth-order valence-corrected chi connectivity index (χ4v) is 3.56. The molecule has 3 rings (SSSR count). The summed E-state index contributed by atoms with van der Waals surface area (Å²) in [7, 11) is 0. The van der Waals surface area contributed by atoms with Gasteiger partial charge in [0.05, 0.1) is 18.9 Å². The van der Waals surface area contributed by atoms with Gasteiger partial charge < -0.3 is 5.32 Å². The number of rotatable bonds is 5. The lowest BCUT2D eigenvalue weighted by Crippen LogP contribution is -2.51. The summed E-state index contributed by atoms with van der Waals surface area (Å²) in [5, 5.41) is 11.5. The van der Waals surface area contributed by atoms with Crippen molar-refractivity contribution < 1.29 is 4.79 Å². The third-order valence-corrected chi connectivity index (χ3v) is 5.44. The minimum Gasteiger partial charge on any atom is -0.350 e. The quantitative estimate of drug-likeness (QED) is 0.750. The van der Waals surface area contributed by atoms with Crippen molar-refractivity contribution in [1.82, 2.24) is 34.9 Å². The number of aryl methyl sites for hydroxylation is 2. The molecule has 8 nitrogen and oxygen atoms in total. The number of carbonyl (C=O) groups excluding carboxylic acids is 1. The number of hydrogen-bond donors (Lipinski definition) is 1. The van der Waals surface area contributed by atoms with Gasteiger partial charge in [0.15, 0.2) is 0 Å². The molecular weight excluding hydrogens is 386 g/mol. The Hall–Kier alpha value is -2.10. The van der Waals surface area contributed by atoms with Crippen molar-refractivity contribution in [3.8, 4) is 5.69 Å². The molecule has 1 amide bonds. The Labute approximate surface area is 177 Å². The molecule has 158 valence electrons. The van der Waals surface area contributed by atoms with Crippen LogP contribution in [0.4, 0.5) is 0 Å². The average molecular weight is 418 g/mol. The Morgan fingerprint density at radius 3 is 2.34 bits per heavy atom. The molecule has 9 heteroatoms. The summed E-state index contributed by atoms with van der Waals surface area (Å²) in [5.74, 6) is 0.0736. The summed E-state index contributed by atoms with van der Waals surface area (Å²) in [6, 6.07) is 6.16. The largest absolute Gasteiger partial charge is 0.350 e. The van der Waals surface area contributed by atoms with Gasteiger partial charge in [0.1, 0.15) is 0 Å². The number of hydrogen-bond acceptors (Lipinski definition) is 6. The van der Waals surface area contributed by atoms with Crippen molar-refractivity contribution in [2.45, 2.75) is 46.8 Å². The van der Waals surface area contributed by atoms with Crippen molar-refractivity contribution in [1.29, 1.82) is 0 Å². The molecule has 1 N–H and O–H groups in total. The Kier molecular flexibility index (Phi) is 6.50. The molecule has 0 atom stereocenters. The minimum absolute atomic E-state index is 0.0736. The lowest BCUT2D eigenvalue weighted by Gasteiger charge is -2.34. The third kappa shape index (κ3) is 5.71. The molecule has 0 saturated carbocycles. The van der Waals surface area contributed by atoms with Crippen molar-refractivity contribution in [2.75, 3.05) is 32.7 Å². The van der Waals surface area contributed by atoms with Gasteiger partial charge >= 0.3 is 0 Å². The van der Waals surface area contributed by atoms with Crippen molar-refractivity contribution in [3.63, 3.8) is 0 Å². The smallest absolute Gasteiger partial charge is 0.234 e. The van der Waals surface area contributed by atoms with E-state index in [0.29, 0.717) is 18.0 Å². The highest BCUT2D eigenvalue weighted by Gasteiger charge is 2.22. The van der Waals surface area contributed by atoms with E-state index >= 15 is 0 Å². The van der Waals surface area contributed by atoms with E-state index in [9.17, 15) is 4.79 Å². The van der Waals surface area contributed by atoms with E-state index in [4.69, 9.17) is 12.2 Å². The maximum absolute atomic E-state index is 12.1.